The molecule has 2 unspecified atom stereocenters. The van der Waals surface area contributed by atoms with E-state index in [1.165, 1.54) is 0 Å². The van der Waals surface area contributed by atoms with Crippen molar-refractivity contribution in [1.29, 1.82) is 0 Å². The lowest BCUT2D eigenvalue weighted by atomic mass is 10.2. The van der Waals surface area contributed by atoms with Gasteiger partial charge < -0.3 is 10.2 Å². The van der Waals surface area contributed by atoms with Gasteiger partial charge >= 0.3 is 0 Å². The van der Waals surface area contributed by atoms with E-state index < -0.39 is 12.2 Å². The molecule has 11 heavy (non-hydrogen) atoms. The Bertz CT molecular complexity index is 248. The van der Waals surface area contributed by atoms with Gasteiger partial charge in [0.05, 0.1) is 17.9 Å². The second-order valence-electron chi connectivity index (χ2n) is 2.75. The Morgan fingerprint density at radius 3 is 2.91 bits per heavy atom. The summed E-state index contributed by atoms with van der Waals surface area (Å²) in [6.07, 6.45) is 0.891. The number of aliphatic hydroxyl groups is 2. The van der Waals surface area contributed by atoms with Crippen LogP contribution in [0.3, 0.4) is 0 Å². The average molecular weight is 151 g/mol. The molecule has 0 fully saturated rings. The average Bonchev–Trinajstić information content (AvgIpc) is 2.30. The molecule has 0 amide bonds. The molecule has 0 aliphatic heterocycles. The van der Waals surface area contributed by atoms with Gasteiger partial charge in [-0.15, -0.1) is 0 Å². The summed E-state index contributed by atoms with van der Waals surface area (Å²) in [6, 6.07) is 3.56. The van der Waals surface area contributed by atoms with Crippen molar-refractivity contribution in [3.05, 3.63) is 29.6 Å². The van der Waals surface area contributed by atoms with Crippen LogP contribution in [0.4, 0.5) is 0 Å². The highest BCUT2D eigenvalue weighted by atomic mass is 16.3. The Morgan fingerprint density at radius 1 is 1.36 bits per heavy atom. The third-order valence-corrected chi connectivity index (χ3v) is 1.99. The van der Waals surface area contributed by atoms with Gasteiger partial charge in [0.1, 0.15) is 0 Å². The van der Waals surface area contributed by atoms with Crippen molar-refractivity contribution >= 4 is 0 Å². The van der Waals surface area contributed by atoms with Gasteiger partial charge in [-0.3, -0.25) is 4.98 Å². The maximum Gasteiger partial charge on any atom is 0.0991 e. The van der Waals surface area contributed by atoms with Crippen LogP contribution >= 0.6 is 0 Å². The molecule has 0 saturated heterocycles. The molecule has 2 atom stereocenters. The monoisotopic (exact) mass is 151 g/mol. The highest BCUT2D eigenvalue weighted by Gasteiger charge is 2.28. The van der Waals surface area contributed by atoms with Crippen molar-refractivity contribution < 1.29 is 10.2 Å². The SMILES string of the molecule is OC1CC(O)c2ncccc21. The summed E-state index contributed by atoms with van der Waals surface area (Å²) in [4.78, 5) is 3.98. The number of fused-ring (bicyclic) bond motifs is 1. The van der Waals surface area contributed by atoms with E-state index in [4.69, 9.17) is 0 Å². The van der Waals surface area contributed by atoms with E-state index in [9.17, 15) is 10.2 Å². The number of aromatic nitrogens is 1. The molecular weight excluding hydrogens is 142 g/mol. The van der Waals surface area contributed by atoms with Crippen molar-refractivity contribution in [1.82, 2.24) is 4.98 Å². The van der Waals surface area contributed by atoms with E-state index in [1.807, 2.05) is 0 Å². The second kappa shape index (κ2) is 2.29. The van der Waals surface area contributed by atoms with Crippen molar-refractivity contribution in [2.45, 2.75) is 18.6 Å². The van der Waals surface area contributed by atoms with Crippen LogP contribution in [-0.2, 0) is 0 Å². The fraction of sp³-hybridized carbons (Fsp3) is 0.375. The number of rotatable bonds is 0. The van der Waals surface area contributed by atoms with Crippen LogP contribution in [0.25, 0.3) is 0 Å². The minimum absolute atomic E-state index is 0.381. The number of aliphatic hydroxyl groups excluding tert-OH is 2. The highest BCUT2D eigenvalue weighted by molar-refractivity contribution is 5.28. The highest BCUT2D eigenvalue weighted by Crippen LogP contribution is 2.36. The van der Waals surface area contributed by atoms with Gasteiger partial charge in [0.15, 0.2) is 0 Å². The van der Waals surface area contributed by atoms with E-state index in [2.05, 4.69) is 4.98 Å². The molecule has 0 saturated carbocycles. The molecular formula is C8H9NO2. The smallest absolute Gasteiger partial charge is 0.0991 e. The Balaban J connectivity index is 2.52. The largest absolute Gasteiger partial charge is 0.388 e. The van der Waals surface area contributed by atoms with Crippen LogP contribution in [0.1, 0.15) is 29.9 Å². The third-order valence-electron chi connectivity index (χ3n) is 1.99. The first-order chi connectivity index (χ1) is 5.29. The quantitative estimate of drug-likeness (QED) is 0.569. The fourth-order valence-electron chi connectivity index (χ4n) is 1.44. The summed E-state index contributed by atoms with van der Waals surface area (Å²) in [7, 11) is 0. The Labute approximate surface area is 64.3 Å². The lowest BCUT2D eigenvalue weighted by Crippen LogP contribution is -1.92. The molecule has 58 valence electrons. The lowest BCUT2D eigenvalue weighted by molar-refractivity contribution is 0.105. The first-order valence-electron chi connectivity index (χ1n) is 3.60. The second-order valence-corrected chi connectivity index (χ2v) is 2.75. The topological polar surface area (TPSA) is 53.4 Å². The van der Waals surface area contributed by atoms with Gasteiger partial charge in [-0.1, -0.05) is 6.07 Å². The maximum atomic E-state index is 9.35. The molecule has 1 heterocycles. The first-order valence-corrected chi connectivity index (χ1v) is 3.60. The minimum Gasteiger partial charge on any atom is -0.388 e. The fourth-order valence-corrected chi connectivity index (χ4v) is 1.44. The standard InChI is InChI=1S/C8H9NO2/c10-6-4-7(11)8-5(6)2-1-3-9-8/h1-3,6-7,10-11H,4H2. The molecule has 3 heteroatoms. The number of hydrogen-bond acceptors (Lipinski definition) is 3. The molecule has 2 rings (SSSR count). The molecule has 0 spiro atoms. The van der Waals surface area contributed by atoms with Gasteiger partial charge in [-0.05, 0) is 6.07 Å². The van der Waals surface area contributed by atoms with E-state index >= 15 is 0 Å². The number of pyridine rings is 1. The summed E-state index contributed by atoms with van der Waals surface area (Å²) < 4.78 is 0. The van der Waals surface area contributed by atoms with Gasteiger partial charge in [0.25, 0.3) is 0 Å². The molecule has 1 aromatic heterocycles. The Morgan fingerprint density at radius 2 is 2.18 bits per heavy atom. The van der Waals surface area contributed by atoms with Crippen LogP contribution in [0, 0.1) is 0 Å². The molecule has 0 aromatic carbocycles. The van der Waals surface area contributed by atoms with Crippen LogP contribution in [0.5, 0.6) is 0 Å². The van der Waals surface area contributed by atoms with Crippen LogP contribution in [-0.4, -0.2) is 15.2 Å². The summed E-state index contributed by atoms with van der Waals surface area (Å²) in [5.74, 6) is 0. The van der Waals surface area contributed by atoms with Gasteiger partial charge in [-0.25, -0.2) is 0 Å². The summed E-state index contributed by atoms with van der Waals surface area (Å²) >= 11 is 0. The van der Waals surface area contributed by atoms with Crippen molar-refractivity contribution in [3.8, 4) is 0 Å². The van der Waals surface area contributed by atoms with E-state index in [0.29, 0.717) is 12.1 Å². The van der Waals surface area contributed by atoms with Crippen LogP contribution in [0.2, 0.25) is 0 Å². The number of hydrogen-bond donors (Lipinski definition) is 2. The zero-order chi connectivity index (χ0) is 7.84. The zero-order valence-electron chi connectivity index (χ0n) is 5.94. The third kappa shape index (κ3) is 0.931. The molecule has 0 radical (unpaired) electrons. The van der Waals surface area contributed by atoms with E-state index in [-0.39, 0.29) is 0 Å². The number of nitrogens with zero attached hydrogens (tertiary/aromatic N) is 1. The van der Waals surface area contributed by atoms with Gasteiger partial charge in [0.2, 0.25) is 0 Å². The predicted octanol–water partition coefficient (Wildman–Crippen LogP) is 0.552. The molecule has 1 aromatic rings. The van der Waals surface area contributed by atoms with Crippen LogP contribution in [0.15, 0.2) is 18.3 Å². The molecule has 0 bridgehead atoms. The Kier molecular flexibility index (Phi) is 1.41. The molecule has 1 aliphatic carbocycles. The van der Waals surface area contributed by atoms with Crippen molar-refractivity contribution in [2.24, 2.45) is 0 Å². The molecule has 3 nitrogen and oxygen atoms in total. The van der Waals surface area contributed by atoms with E-state index in [0.717, 1.165) is 5.56 Å². The van der Waals surface area contributed by atoms with Crippen molar-refractivity contribution in [2.75, 3.05) is 0 Å². The molecule has 1 aliphatic rings. The minimum atomic E-state index is -0.582. The Hall–Kier alpha value is -0.930. The van der Waals surface area contributed by atoms with Gasteiger partial charge in [-0.2, -0.15) is 0 Å². The lowest BCUT2D eigenvalue weighted by Gasteiger charge is -1.99. The normalized spacial score (nSPS) is 28.5. The van der Waals surface area contributed by atoms with E-state index in [1.54, 1.807) is 18.3 Å². The van der Waals surface area contributed by atoms with Gasteiger partial charge in [0, 0.05) is 18.2 Å². The van der Waals surface area contributed by atoms with Crippen molar-refractivity contribution in [3.63, 3.8) is 0 Å². The summed E-state index contributed by atoms with van der Waals surface area (Å²) in [5, 5.41) is 18.7. The predicted molar refractivity (Wildman–Crippen MR) is 38.8 cm³/mol. The summed E-state index contributed by atoms with van der Waals surface area (Å²) in [5.41, 5.74) is 1.39. The first kappa shape index (κ1) is 6.76. The molecule has 2 N–H and O–H groups in total. The maximum absolute atomic E-state index is 9.35. The van der Waals surface area contributed by atoms with Crippen LogP contribution < -0.4 is 0 Å². The zero-order valence-corrected chi connectivity index (χ0v) is 5.94. The summed E-state index contributed by atoms with van der Waals surface area (Å²) in [6.45, 7) is 0.